The van der Waals surface area contributed by atoms with Crippen LogP contribution in [-0.4, -0.2) is 33.5 Å². The number of benzene rings is 1. The van der Waals surface area contributed by atoms with Crippen LogP contribution >= 0.6 is 11.8 Å². The zero-order chi connectivity index (χ0) is 15.4. The lowest BCUT2D eigenvalue weighted by atomic mass is 10.1. The number of methoxy groups -OCH3 is 1. The zero-order valence-corrected chi connectivity index (χ0v) is 13.3. The van der Waals surface area contributed by atoms with E-state index >= 15 is 0 Å². The number of fused-ring (bicyclic) bond motifs is 1. The van der Waals surface area contributed by atoms with E-state index in [1.54, 1.807) is 7.11 Å². The topological polar surface area (TPSA) is 64.4 Å². The summed E-state index contributed by atoms with van der Waals surface area (Å²) in [6, 6.07) is 6.11. The summed E-state index contributed by atoms with van der Waals surface area (Å²) >= 11 is 1.26. The van der Waals surface area contributed by atoms with Crippen molar-refractivity contribution in [2.24, 2.45) is 0 Å². The first-order valence-electron chi connectivity index (χ1n) is 7.01. The summed E-state index contributed by atoms with van der Waals surface area (Å²) in [4.78, 5) is 15.4. The number of carboxylic acids is 1. The average molecular weight is 308 g/mol. The Hall–Kier alpha value is -1.69. The smallest absolute Gasteiger partial charge is 0.313 e. The molecule has 1 heterocycles. The van der Waals surface area contributed by atoms with Crippen molar-refractivity contribution in [3.8, 4) is 5.75 Å². The molecule has 0 atom stereocenters. The number of nitrogens with zero attached hydrogens (tertiary/aromatic N) is 2. The van der Waals surface area contributed by atoms with Crippen LogP contribution in [0.2, 0.25) is 0 Å². The highest BCUT2D eigenvalue weighted by Gasteiger charge is 2.18. The van der Waals surface area contributed by atoms with E-state index in [0.717, 1.165) is 34.8 Å². The van der Waals surface area contributed by atoms with Crippen molar-refractivity contribution < 1.29 is 14.6 Å². The van der Waals surface area contributed by atoms with Gasteiger partial charge in [0.25, 0.3) is 0 Å². The van der Waals surface area contributed by atoms with Gasteiger partial charge >= 0.3 is 5.97 Å². The van der Waals surface area contributed by atoms with E-state index in [9.17, 15) is 4.79 Å². The first-order valence-corrected chi connectivity index (χ1v) is 7.99. The van der Waals surface area contributed by atoms with Gasteiger partial charge in [-0.15, -0.1) is 0 Å². The minimum Gasteiger partial charge on any atom is -0.497 e. The van der Waals surface area contributed by atoms with Crippen molar-refractivity contribution in [1.82, 2.24) is 9.55 Å². The van der Waals surface area contributed by atoms with Crippen LogP contribution in [0.25, 0.3) is 11.0 Å². The first kappa shape index (κ1) is 15.7. The minimum atomic E-state index is -0.833. The lowest BCUT2D eigenvalue weighted by Crippen LogP contribution is -2.09. The molecule has 0 fully saturated rings. The van der Waals surface area contributed by atoms with Gasteiger partial charge in [0.15, 0.2) is 5.16 Å². The van der Waals surface area contributed by atoms with Gasteiger partial charge in [0.2, 0.25) is 0 Å². The van der Waals surface area contributed by atoms with Crippen molar-refractivity contribution in [2.75, 3.05) is 12.9 Å². The maximum atomic E-state index is 10.8. The molecule has 1 N–H and O–H groups in total. The SMILES string of the molecule is CCC(CC)n1c(SCC(=O)O)nc2cc(OC)ccc21. The maximum Gasteiger partial charge on any atom is 0.313 e. The monoisotopic (exact) mass is 308 g/mol. The average Bonchev–Trinajstić information content (AvgIpc) is 2.84. The highest BCUT2D eigenvalue weighted by atomic mass is 32.2. The third-order valence-corrected chi connectivity index (χ3v) is 4.43. The predicted molar refractivity (Wildman–Crippen MR) is 84.3 cm³/mol. The second kappa shape index (κ2) is 6.85. The van der Waals surface area contributed by atoms with E-state index in [2.05, 4.69) is 23.4 Å². The van der Waals surface area contributed by atoms with Gasteiger partial charge in [-0.1, -0.05) is 25.6 Å². The molecule has 0 bridgehead atoms. The lowest BCUT2D eigenvalue weighted by Gasteiger charge is -2.18. The molecule has 0 amide bonds. The Morgan fingerprint density at radius 3 is 2.71 bits per heavy atom. The predicted octanol–water partition coefficient (Wildman–Crippen LogP) is 3.58. The van der Waals surface area contributed by atoms with E-state index in [1.807, 2.05) is 18.2 Å². The fourth-order valence-corrected chi connectivity index (χ4v) is 3.22. The Morgan fingerprint density at radius 2 is 2.14 bits per heavy atom. The zero-order valence-electron chi connectivity index (χ0n) is 12.5. The summed E-state index contributed by atoms with van der Waals surface area (Å²) in [5.74, 6) is -0.0622. The summed E-state index contributed by atoms with van der Waals surface area (Å²) in [7, 11) is 1.62. The Kier molecular flexibility index (Phi) is 5.12. The molecular weight excluding hydrogens is 288 g/mol. The fraction of sp³-hybridized carbons (Fsp3) is 0.467. The van der Waals surface area contributed by atoms with E-state index in [4.69, 9.17) is 9.84 Å². The van der Waals surface area contributed by atoms with Gasteiger partial charge in [0.05, 0.1) is 23.9 Å². The van der Waals surface area contributed by atoms with Crippen LogP contribution < -0.4 is 4.74 Å². The van der Waals surface area contributed by atoms with E-state index in [1.165, 1.54) is 11.8 Å². The number of carboxylic acid groups (broad SMARTS) is 1. The summed E-state index contributed by atoms with van der Waals surface area (Å²) in [5, 5.41) is 9.66. The Balaban J connectivity index is 2.52. The van der Waals surface area contributed by atoms with Crippen LogP contribution in [0.3, 0.4) is 0 Å². The molecule has 114 valence electrons. The Bertz CT molecular complexity index is 635. The molecule has 0 spiro atoms. The van der Waals surface area contributed by atoms with Crippen molar-refractivity contribution in [3.63, 3.8) is 0 Å². The van der Waals surface area contributed by atoms with Crippen LogP contribution in [0, 0.1) is 0 Å². The molecule has 0 aliphatic carbocycles. The van der Waals surface area contributed by atoms with Crippen LogP contribution in [0.4, 0.5) is 0 Å². The summed E-state index contributed by atoms with van der Waals surface area (Å²) in [5.41, 5.74) is 1.87. The van der Waals surface area contributed by atoms with Crippen molar-refractivity contribution in [3.05, 3.63) is 18.2 Å². The summed E-state index contributed by atoms with van der Waals surface area (Å²) in [6.45, 7) is 4.27. The Morgan fingerprint density at radius 1 is 1.43 bits per heavy atom. The molecule has 5 nitrogen and oxygen atoms in total. The fourth-order valence-electron chi connectivity index (χ4n) is 2.42. The molecule has 0 radical (unpaired) electrons. The minimum absolute atomic E-state index is 0.0145. The molecule has 0 aliphatic heterocycles. The molecule has 0 aliphatic rings. The molecular formula is C15H20N2O3S. The third kappa shape index (κ3) is 3.32. The summed E-state index contributed by atoms with van der Waals surface area (Å²) in [6.07, 6.45) is 1.96. The Labute approximate surface area is 128 Å². The van der Waals surface area contributed by atoms with Gasteiger partial charge < -0.3 is 14.4 Å². The van der Waals surface area contributed by atoms with Crippen LogP contribution in [-0.2, 0) is 4.79 Å². The second-order valence-electron chi connectivity index (χ2n) is 4.77. The number of rotatable bonds is 7. The van der Waals surface area contributed by atoms with Crippen LogP contribution in [0.5, 0.6) is 5.75 Å². The van der Waals surface area contributed by atoms with Crippen molar-refractivity contribution in [1.29, 1.82) is 0 Å². The molecule has 0 saturated heterocycles. The number of aromatic nitrogens is 2. The molecule has 2 aromatic rings. The number of ether oxygens (including phenoxy) is 1. The first-order chi connectivity index (χ1) is 10.1. The molecule has 1 aromatic heterocycles. The quantitative estimate of drug-likeness (QED) is 0.792. The van der Waals surface area contributed by atoms with Gasteiger partial charge in [-0.25, -0.2) is 4.98 Å². The van der Waals surface area contributed by atoms with Crippen molar-refractivity contribution in [2.45, 2.75) is 37.9 Å². The highest BCUT2D eigenvalue weighted by molar-refractivity contribution is 7.99. The van der Waals surface area contributed by atoms with Crippen LogP contribution in [0.1, 0.15) is 32.7 Å². The van der Waals surface area contributed by atoms with E-state index < -0.39 is 5.97 Å². The standard InChI is InChI=1S/C15H20N2O3S/c1-4-10(5-2)17-13-7-6-11(20-3)8-12(13)16-15(17)21-9-14(18)19/h6-8,10H,4-5,9H2,1-3H3,(H,18,19). The van der Waals surface area contributed by atoms with Gasteiger partial charge in [-0.2, -0.15) is 0 Å². The number of thioether (sulfide) groups is 1. The molecule has 21 heavy (non-hydrogen) atoms. The second-order valence-corrected chi connectivity index (χ2v) is 5.71. The van der Waals surface area contributed by atoms with Gasteiger partial charge in [-0.3, -0.25) is 4.79 Å². The molecule has 1 aromatic carbocycles. The highest BCUT2D eigenvalue weighted by Crippen LogP contribution is 2.32. The van der Waals surface area contributed by atoms with Gasteiger partial charge in [0.1, 0.15) is 5.75 Å². The van der Waals surface area contributed by atoms with Crippen molar-refractivity contribution >= 4 is 28.8 Å². The molecule has 2 rings (SSSR count). The number of imidazole rings is 1. The third-order valence-electron chi connectivity index (χ3n) is 3.50. The van der Waals surface area contributed by atoms with E-state index in [0.29, 0.717) is 6.04 Å². The number of hydrogen-bond donors (Lipinski definition) is 1. The largest absolute Gasteiger partial charge is 0.497 e. The molecule has 0 saturated carbocycles. The maximum absolute atomic E-state index is 10.8. The van der Waals surface area contributed by atoms with Gasteiger partial charge in [0, 0.05) is 12.1 Å². The number of hydrogen-bond acceptors (Lipinski definition) is 4. The van der Waals surface area contributed by atoms with Gasteiger partial charge in [-0.05, 0) is 25.0 Å². The molecule has 6 heteroatoms. The van der Waals surface area contributed by atoms with Crippen LogP contribution in [0.15, 0.2) is 23.4 Å². The number of aliphatic carboxylic acids is 1. The normalized spacial score (nSPS) is 11.2. The lowest BCUT2D eigenvalue weighted by molar-refractivity contribution is -0.133. The number of carbonyl (C=O) groups is 1. The van der Waals surface area contributed by atoms with E-state index in [-0.39, 0.29) is 5.75 Å². The summed E-state index contributed by atoms with van der Waals surface area (Å²) < 4.78 is 7.39. The molecule has 0 unspecified atom stereocenters.